The molecule has 0 saturated heterocycles. The fraction of sp³-hybridized carbons (Fsp3) is 0. The van der Waals surface area contributed by atoms with E-state index in [0.717, 1.165) is 82.8 Å². The van der Waals surface area contributed by atoms with Crippen LogP contribution in [0.1, 0.15) is 0 Å². The van der Waals surface area contributed by atoms with Crippen molar-refractivity contribution >= 4 is 43.9 Å². The SMILES string of the molecule is c1ccc(-c2nc(-c3ccccc3)nc(-c3ccc(-c4cccc5oc6ccccc6c45)c(-c4cccc5c4oc4ccccc45)c3)n2)cc1. The highest BCUT2D eigenvalue weighted by atomic mass is 16.3. The highest BCUT2D eigenvalue weighted by Crippen LogP contribution is 2.44. The van der Waals surface area contributed by atoms with Crippen molar-refractivity contribution in [2.45, 2.75) is 0 Å². The molecule has 0 aliphatic heterocycles. The lowest BCUT2D eigenvalue weighted by molar-refractivity contribution is 0.669. The van der Waals surface area contributed by atoms with Crippen LogP contribution in [0, 0.1) is 0 Å². The summed E-state index contributed by atoms with van der Waals surface area (Å²) in [4.78, 5) is 15.0. The Morgan fingerprint density at radius 2 is 0.860 bits per heavy atom. The molecule has 0 aliphatic rings. The van der Waals surface area contributed by atoms with Gasteiger partial charge in [-0.1, -0.05) is 140 Å². The average molecular weight is 642 g/mol. The molecule has 7 aromatic carbocycles. The number of para-hydroxylation sites is 3. The van der Waals surface area contributed by atoms with Crippen molar-refractivity contribution in [3.05, 3.63) is 164 Å². The Labute approximate surface area is 287 Å². The van der Waals surface area contributed by atoms with Crippen LogP contribution in [-0.4, -0.2) is 15.0 Å². The molecular formula is C45H27N3O2. The van der Waals surface area contributed by atoms with Crippen molar-refractivity contribution in [3.63, 3.8) is 0 Å². The van der Waals surface area contributed by atoms with Gasteiger partial charge < -0.3 is 8.83 Å². The van der Waals surface area contributed by atoms with E-state index in [-0.39, 0.29) is 0 Å². The van der Waals surface area contributed by atoms with E-state index < -0.39 is 0 Å². The molecule has 0 unspecified atom stereocenters. The summed E-state index contributed by atoms with van der Waals surface area (Å²) in [5, 5.41) is 4.31. The minimum atomic E-state index is 0.592. The highest BCUT2D eigenvalue weighted by molar-refractivity contribution is 6.15. The molecule has 0 radical (unpaired) electrons. The molecule has 0 atom stereocenters. The zero-order valence-electron chi connectivity index (χ0n) is 26.7. The Morgan fingerprint density at radius 3 is 1.58 bits per heavy atom. The van der Waals surface area contributed by atoms with Crippen LogP contribution in [0.15, 0.2) is 173 Å². The minimum absolute atomic E-state index is 0.592. The lowest BCUT2D eigenvalue weighted by Gasteiger charge is -2.15. The van der Waals surface area contributed by atoms with Gasteiger partial charge in [0.25, 0.3) is 0 Å². The maximum absolute atomic E-state index is 6.61. The van der Waals surface area contributed by atoms with E-state index in [1.807, 2.05) is 91.0 Å². The smallest absolute Gasteiger partial charge is 0.164 e. The van der Waals surface area contributed by atoms with Crippen LogP contribution in [0.25, 0.3) is 100 Å². The second kappa shape index (κ2) is 11.4. The largest absolute Gasteiger partial charge is 0.456 e. The topological polar surface area (TPSA) is 65.0 Å². The van der Waals surface area contributed by atoms with Crippen LogP contribution < -0.4 is 0 Å². The van der Waals surface area contributed by atoms with E-state index in [0.29, 0.717) is 17.5 Å². The molecule has 3 aromatic heterocycles. The number of hydrogen-bond donors (Lipinski definition) is 0. The third-order valence-corrected chi connectivity index (χ3v) is 9.36. The molecule has 3 heterocycles. The highest BCUT2D eigenvalue weighted by Gasteiger charge is 2.21. The number of nitrogens with zero attached hydrogens (tertiary/aromatic N) is 3. The summed E-state index contributed by atoms with van der Waals surface area (Å²) >= 11 is 0. The van der Waals surface area contributed by atoms with Gasteiger partial charge in [-0.2, -0.15) is 0 Å². The predicted octanol–water partition coefficient (Wildman–Crippen LogP) is 12.0. The average Bonchev–Trinajstić information content (AvgIpc) is 3.77. The van der Waals surface area contributed by atoms with Gasteiger partial charge in [-0.25, -0.2) is 15.0 Å². The van der Waals surface area contributed by atoms with E-state index in [1.54, 1.807) is 0 Å². The summed E-state index contributed by atoms with van der Waals surface area (Å²) in [6.45, 7) is 0. The second-order valence-corrected chi connectivity index (χ2v) is 12.4. The van der Waals surface area contributed by atoms with Crippen molar-refractivity contribution < 1.29 is 8.83 Å². The summed E-state index contributed by atoms with van der Waals surface area (Å²) in [5.74, 6) is 1.83. The first kappa shape index (κ1) is 28.2. The van der Waals surface area contributed by atoms with Gasteiger partial charge in [0, 0.05) is 43.8 Å². The fourth-order valence-electron chi connectivity index (χ4n) is 7.04. The van der Waals surface area contributed by atoms with Crippen molar-refractivity contribution in [1.82, 2.24) is 15.0 Å². The molecule has 10 rings (SSSR count). The van der Waals surface area contributed by atoms with Crippen LogP contribution in [-0.2, 0) is 0 Å². The number of benzene rings is 7. The maximum Gasteiger partial charge on any atom is 0.164 e. The predicted molar refractivity (Wildman–Crippen MR) is 202 cm³/mol. The van der Waals surface area contributed by atoms with Crippen molar-refractivity contribution in [2.75, 3.05) is 0 Å². The summed E-state index contributed by atoms with van der Waals surface area (Å²) in [7, 11) is 0. The first-order chi connectivity index (χ1) is 24.8. The van der Waals surface area contributed by atoms with E-state index >= 15 is 0 Å². The number of furan rings is 2. The van der Waals surface area contributed by atoms with Crippen LogP contribution >= 0.6 is 0 Å². The normalized spacial score (nSPS) is 11.6. The summed E-state index contributed by atoms with van der Waals surface area (Å²) in [6, 6.07) is 55.6. The molecule has 5 nitrogen and oxygen atoms in total. The summed E-state index contributed by atoms with van der Waals surface area (Å²) < 4.78 is 12.9. The first-order valence-electron chi connectivity index (χ1n) is 16.6. The Kier molecular flexibility index (Phi) is 6.42. The molecule has 0 amide bonds. The first-order valence-corrected chi connectivity index (χ1v) is 16.6. The van der Waals surface area contributed by atoms with Crippen LogP contribution in [0.3, 0.4) is 0 Å². The number of rotatable bonds is 5. The Morgan fingerprint density at radius 1 is 0.320 bits per heavy atom. The van der Waals surface area contributed by atoms with Gasteiger partial charge in [0.05, 0.1) is 0 Å². The quantitative estimate of drug-likeness (QED) is 0.187. The summed E-state index contributed by atoms with van der Waals surface area (Å²) in [6.07, 6.45) is 0. The molecule has 50 heavy (non-hydrogen) atoms. The second-order valence-electron chi connectivity index (χ2n) is 12.4. The number of hydrogen-bond acceptors (Lipinski definition) is 5. The lowest BCUT2D eigenvalue weighted by Crippen LogP contribution is -2.00. The Balaban J connectivity index is 1.26. The standard InChI is InChI=1S/C45H27N3O2/c1-3-13-28(14-4-1)43-46-44(29-15-5-2-6-16-29)48-45(47-43)30-25-26-31(33-19-12-24-40-41(33)36-18-8-10-23-39(36)49-40)37(27-30)35-21-11-20-34-32-17-7-9-22-38(32)50-42(34)35/h1-27H. The van der Waals surface area contributed by atoms with E-state index in [4.69, 9.17) is 23.8 Å². The molecule has 0 spiro atoms. The van der Waals surface area contributed by atoms with E-state index in [2.05, 4.69) is 72.8 Å². The van der Waals surface area contributed by atoms with Crippen molar-refractivity contribution in [3.8, 4) is 56.4 Å². The Hall–Kier alpha value is -6.85. The van der Waals surface area contributed by atoms with Gasteiger partial charge in [0.2, 0.25) is 0 Å². The molecule has 0 saturated carbocycles. The zero-order chi connectivity index (χ0) is 33.0. The van der Waals surface area contributed by atoms with Gasteiger partial charge in [0.1, 0.15) is 22.3 Å². The fourth-order valence-corrected chi connectivity index (χ4v) is 7.04. The molecule has 0 aliphatic carbocycles. The van der Waals surface area contributed by atoms with Gasteiger partial charge in [-0.05, 0) is 41.0 Å². The van der Waals surface area contributed by atoms with E-state index in [9.17, 15) is 0 Å². The number of fused-ring (bicyclic) bond motifs is 6. The molecule has 5 heteroatoms. The summed E-state index contributed by atoms with van der Waals surface area (Å²) in [5.41, 5.74) is 10.2. The van der Waals surface area contributed by atoms with Crippen LogP contribution in [0.5, 0.6) is 0 Å². The molecule has 10 aromatic rings. The molecule has 234 valence electrons. The van der Waals surface area contributed by atoms with Gasteiger partial charge >= 0.3 is 0 Å². The van der Waals surface area contributed by atoms with Crippen LogP contribution in [0.4, 0.5) is 0 Å². The Bertz CT molecular complexity index is 2810. The zero-order valence-corrected chi connectivity index (χ0v) is 26.7. The van der Waals surface area contributed by atoms with Gasteiger partial charge in [-0.3, -0.25) is 0 Å². The molecule has 0 fully saturated rings. The maximum atomic E-state index is 6.61. The minimum Gasteiger partial charge on any atom is -0.456 e. The lowest BCUT2D eigenvalue weighted by atomic mass is 9.89. The molecule has 0 bridgehead atoms. The monoisotopic (exact) mass is 641 g/mol. The van der Waals surface area contributed by atoms with Crippen molar-refractivity contribution in [2.24, 2.45) is 0 Å². The van der Waals surface area contributed by atoms with Crippen molar-refractivity contribution in [1.29, 1.82) is 0 Å². The van der Waals surface area contributed by atoms with E-state index in [1.165, 1.54) is 0 Å². The molecular weight excluding hydrogens is 615 g/mol. The number of aromatic nitrogens is 3. The molecule has 0 N–H and O–H groups in total. The van der Waals surface area contributed by atoms with Gasteiger partial charge in [0.15, 0.2) is 17.5 Å². The van der Waals surface area contributed by atoms with Gasteiger partial charge in [-0.15, -0.1) is 0 Å². The third-order valence-electron chi connectivity index (χ3n) is 9.36. The van der Waals surface area contributed by atoms with Crippen LogP contribution in [0.2, 0.25) is 0 Å². The third kappa shape index (κ3) is 4.60.